The molecule has 1 saturated heterocycles. The van der Waals surface area contributed by atoms with Crippen molar-refractivity contribution in [3.8, 4) is 0 Å². The number of amides is 2. The van der Waals surface area contributed by atoms with Gasteiger partial charge in [-0.3, -0.25) is 14.5 Å². The molecule has 2 aliphatic rings. The Kier molecular flexibility index (Phi) is 6.86. The molecule has 0 radical (unpaired) electrons. The molecular weight excluding hydrogens is 476 g/mol. The van der Waals surface area contributed by atoms with Crippen molar-refractivity contribution >= 4 is 34.1 Å². The van der Waals surface area contributed by atoms with Gasteiger partial charge in [0.2, 0.25) is 0 Å². The summed E-state index contributed by atoms with van der Waals surface area (Å²) in [6, 6.07) is 7.48. The molecule has 5 rings (SSSR count). The monoisotopic (exact) mass is 510 g/mol. The number of carbonyl (C=O) groups is 2. The summed E-state index contributed by atoms with van der Waals surface area (Å²) in [5, 5.41) is 20.7. The van der Waals surface area contributed by atoms with Gasteiger partial charge in [0, 0.05) is 47.4 Å². The fourth-order valence-electron chi connectivity index (χ4n) is 4.94. The second kappa shape index (κ2) is 9.93. The van der Waals surface area contributed by atoms with Crippen LogP contribution in [0.5, 0.6) is 0 Å². The molecule has 10 heteroatoms. The van der Waals surface area contributed by atoms with Crippen molar-refractivity contribution in [2.24, 2.45) is 0 Å². The lowest BCUT2D eigenvalue weighted by atomic mass is 10.0. The largest absolute Gasteiger partial charge is 0.394 e. The van der Waals surface area contributed by atoms with Crippen LogP contribution in [0.25, 0.3) is 10.9 Å². The molecule has 192 valence electrons. The minimum Gasteiger partial charge on any atom is -0.394 e. The minimum absolute atomic E-state index is 0.0778. The van der Waals surface area contributed by atoms with Crippen molar-refractivity contribution in [1.29, 1.82) is 0 Å². The van der Waals surface area contributed by atoms with Crippen LogP contribution in [-0.2, 0) is 13.0 Å². The SMILES string of the molecule is Cc1ccc2[nH]c(C(=O)N[C@H]3CCNC[C@H]3NC(=O)c3nc4c(s3)CN(C(C)(C)CO)CC4)cc2c1. The summed E-state index contributed by atoms with van der Waals surface area (Å²) in [4.78, 5) is 37.3. The molecule has 3 aromatic rings. The van der Waals surface area contributed by atoms with Gasteiger partial charge in [0.15, 0.2) is 5.01 Å². The fourth-order valence-corrected chi connectivity index (χ4v) is 5.97. The number of carbonyl (C=O) groups excluding carboxylic acids is 2. The quantitative estimate of drug-likeness (QED) is 0.346. The lowest BCUT2D eigenvalue weighted by Crippen LogP contribution is -2.59. The topological polar surface area (TPSA) is 122 Å². The molecule has 0 saturated carbocycles. The number of aromatic nitrogens is 2. The van der Waals surface area contributed by atoms with Crippen molar-refractivity contribution in [3.63, 3.8) is 0 Å². The van der Waals surface area contributed by atoms with E-state index in [4.69, 9.17) is 0 Å². The summed E-state index contributed by atoms with van der Waals surface area (Å²) in [5.41, 5.74) is 3.24. The first-order chi connectivity index (χ1) is 17.2. The first-order valence-electron chi connectivity index (χ1n) is 12.5. The third-order valence-corrected chi connectivity index (χ3v) is 8.39. The standard InChI is InChI=1S/C26H34N6O3S/c1-15-4-5-17-16(10-15)11-20(28-17)23(34)29-18-6-8-27-12-21(18)30-24(35)25-31-19-7-9-32(13-22(19)36-25)26(2,3)14-33/h4-5,10-11,18,21,27-28,33H,6-9,12-14H2,1-3H3,(H,29,34)(H,30,35)/t18-,21+/m0/s1. The average Bonchev–Trinajstić information content (AvgIpc) is 3.48. The molecule has 1 aromatic carbocycles. The summed E-state index contributed by atoms with van der Waals surface area (Å²) in [6.07, 6.45) is 1.48. The maximum absolute atomic E-state index is 13.2. The Balaban J connectivity index is 1.25. The van der Waals surface area contributed by atoms with E-state index in [0.717, 1.165) is 53.0 Å². The van der Waals surface area contributed by atoms with Crippen LogP contribution in [0.3, 0.4) is 0 Å². The van der Waals surface area contributed by atoms with E-state index in [1.807, 2.05) is 45.0 Å². The van der Waals surface area contributed by atoms with E-state index >= 15 is 0 Å². The summed E-state index contributed by atoms with van der Waals surface area (Å²) in [7, 11) is 0. The van der Waals surface area contributed by atoms with Crippen molar-refractivity contribution in [2.75, 3.05) is 26.2 Å². The molecule has 2 amide bonds. The number of aliphatic hydroxyl groups excluding tert-OH is 1. The Morgan fingerprint density at radius 1 is 1.22 bits per heavy atom. The molecule has 9 nitrogen and oxygen atoms in total. The van der Waals surface area contributed by atoms with Crippen LogP contribution in [0.1, 0.15) is 56.7 Å². The Morgan fingerprint density at radius 3 is 2.83 bits per heavy atom. The maximum Gasteiger partial charge on any atom is 0.280 e. The van der Waals surface area contributed by atoms with Crippen molar-refractivity contribution in [3.05, 3.63) is 51.1 Å². The van der Waals surface area contributed by atoms with Gasteiger partial charge in [-0.05, 0) is 51.9 Å². The molecule has 2 atom stereocenters. The van der Waals surface area contributed by atoms with E-state index in [-0.39, 0.29) is 36.0 Å². The predicted molar refractivity (Wildman–Crippen MR) is 140 cm³/mol. The summed E-state index contributed by atoms with van der Waals surface area (Å²) in [5.74, 6) is -0.386. The van der Waals surface area contributed by atoms with Gasteiger partial charge < -0.3 is 26.0 Å². The van der Waals surface area contributed by atoms with Crippen LogP contribution in [0.4, 0.5) is 0 Å². The Hall–Kier alpha value is -2.79. The normalized spacial score (nSPS) is 20.8. The molecular formula is C26H34N6O3S. The molecule has 0 unspecified atom stereocenters. The lowest BCUT2D eigenvalue weighted by Gasteiger charge is -2.39. The number of thiazole rings is 1. The van der Waals surface area contributed by atoms with Crippen molar-refractivity contribution in [2.45, 2.75) is 57.8 Å². The number of aliphatic hydroxyl groups is 1. The molecule has 36 heavy (non-hydrogen) atoms. The first kappa shape index (κ1) is 24.9. The molecule has 0 aliphatic carbocycles. The number of hydrogen-bond acceptors (Lipinski definition) is 7. The number of piperidine rings is 1. The number of H-pyrrole nitrogens is 1. The fraction of sp³-hybridized carbons (Fsp3) is 0.500. The van der Waals surface area contributed by atoms with Crippen LogP contribution in [-0.4, -0.2) is 75.7 Å². The van der Waals surface area contributed by atoms with E-state index < -0.39 is 0 Å². The van der Waals surface area contributed by atoms with E-state index in [1.165, 1.54) is 11.3 Å². The van der Waals surface area contributed by atoms with Crippen LogP contribution >= 0.6 is 11.3 Å². The number of benzene rings is 1. The highest BCUT2D eigenvalue weighted by Gasteiger charge is 2.33. The Morgan fingerprint density at radius 2 is 2.03 bits per heavy atom. The van der Waals surface area contributed by atoms with Gasteiger partial charge in [0.1, 0.15) is 5.69 Å². The number of fused-ring (bicyclic) bond motifs is 2. The lowest BCUT2D eigenvalue weighted by molar-refractivity contribution is 0.0471. The summed E-state index contributed by atoms with van der Waals surface area (Å²) >= 11 is 1.42. The number of nitrogens with zero attached hydrogens (tertiary/aromatic N) is 2. The highest BCUT2D eigenvalue weighted by atomic mass is 32.1. The number of rotatable bonds is 6. The van der Waals surface area contributed by atoms with Crippen molar-refractivity contribution < 1.29 is 14.7 Å². The minimum atomic E-state index is -0.312. The van der Waals surface area contributed by atoms with Crippen LogP contribution < -0.4 is 16.0 Å². The second-order valence-corrected chi connectivity index (χ2v) is 11.5. The Bertz CT molecular complexity index is 1280. The van der Waals surface area contributed by atoms with Gasteiger partial charge in [-0.25, -0.2) is 4.98 Å². The van der Waals surface area contributed by atoms with Crippen molar-refractivity contribution in [1.82, 2.24) is 30.8 Å². The molecule has 5 N–H and O–H groups in total. The molecule has 0 spiro atoms. The highest BCUT2D eigenvalue weighted by molar-refractivity contribution is 7.13. The van der Waals surface area contributed by atoms with Gasteiger partial charge >= 0.3 is 0 Å². The van der Waals surface area contributed by atoms with Gasteiger partial charge in [-0.15, -0.1) is 11.3 Å². The highest BCUT2D eigenvalue weighted by Crippen LogP contribution is 2.29. The molecule has 2 aliphatic heterocycles. The Labute approximate surface area is 214 Å². The number of aryl methyl sites for hydroxylation is 1. The van der Waals surface area contributed by atoms with Crippen LogP contribution in [0.15, 0.2) is 24.3 Å². The molecule has 0 bridgehead atoms. The molecule has 4 heterocycles. The number of nitrogens with one attached hydrogen (secondary N) is 4. The zero-order chi connectivity index (χ0) is 25.4. The van der Waals surface area contributed by atoms with E-state index in [2.05, 4.69) is 30.8 Å². The zero-order valence-electron chi connectivity index (χ0n) is 21.0. The van der Waals surface area contributed by atoms with Gasteiger partial charge in [0.25, 0.3) is 11.8 Å². The van der Waals surface area contributed by atoms with Crippen LogP contribution in [0.2, 0.25) is 0 Å². The average molecular weight is 511 g/mol. The summed E-state index contributed by atoms with van der Waals surface area (Å²) < 4.78 is 0. The third-order valence-electron chi connectivity index (χ3n) is 7.30. The summed E-state index contributed by atoms with van der Waals surface area (Å²) in [6.45, 7) is 8.98. The van der Waals surface area contributed by atoms with Crippen LogP contribution in [0, 0.1) is 6.92 Å². The van der Waals surface area contributed by atoms with Gasteiger partial charge in [0.05, 0.1) is 24.4 Å². The molecule has 1 fully saturated rings. The molecule has 2 aromatic heterocycles. The van der Waals surface area contributed by atoms with E-state index in [0.29, 0.717) is 23.8 Å². The first-order valence-corrected chi connectivity index (χ1v) is 13.3. The number of aromatic amines is 1. The van der Waals surface area contributed by atoms with Gasteiger partial charge in [-0.2, -0.15) is 0 Å². The number of hydrogen-bond donors (Lipinski definition) is 5. The third kappa shape index (κ3) is 5.04. The zero-order valence-corrected chi connectivity index (χ0v) is 21.8. The predicted octanol–water partition coefficient (Wildman–Crippen LogP) is 1.95. The van der Waals surface area contributed by atoms with E-state index in [9.17, 15) is 14.7 Å². The smallest absolute Gasteiger partial charge is 0.280 e. The maximum atomic E-state index is 13.2. The van der Waals surface area contributed by atoms with Gasteiger partial charge in [-0.1, -0.05) is 11.6 Å². The van der Waals surface area contributed by atoms with E-state index in [1.54, 1.807) is 0 Å². The second-order valence-electron chi connectivity index (χ2n) is 10.5.